The van der Waals surface area contributed by atoms with Crippen molar-refractivity contribution in [3.05, 3.63) is 80.3 Å². The first-order valence-corrected chi connectivity index (χ1v) is 11.6. The average molecular weight is 556 g/mol. The maximum absolute atomic E-state index is 12.7. The van der Waals surface area contributed by atoms with E-state index >= 15 is 0 Å². The van der Waals surface area contributed by atoms with E-state index in [-0.39, 0.29) is 19.0 Å². The van der Waals surface area contributed by atoms with Gasteiger partial charge in [-0.15, -0.1) is 0 Å². The van der Waals surface area contributed by atoms with E-state index in [4.69, 9.17) is 30.5 Å². The molecule has 1 aliphatic heterocycles. The zero-order valence-electron chi connectivity index (χ0n) is 18.9. The number of carbonyl (C=O) groups excluding carboxylic acids is 1. The molecule has 1 amide bonds. The van der Waals surface area contributed by atoms with E-state index in [1.165, 1.54) is 13.2 Å². The van der Waals surface area contributed by atoms with Crippen molar-refractivity contribution in [2.45, 2.75) is 13.5 Å². The number of amides is 1. The standard InChI is InChI=1S/C26H20BrClN2O5/c1-15-3-5-19(10-21(15)28)30-26(31)18(12-29)8-17-9-23(32-2)25(11-20(17)27)33-13-16-4-6-22-24(7-16)35-14-34-22/h3-11H,13-14H2,1-2H3,(H,30,31)/b18-8-. The van der Waals surface area contributed by atoms with Gasteiger partial charge in [-0.25, -0.2) is 0 Å². The van der Waals surface area contributed by atoms with Crippen LogP contribution < -0.4 is 24.3 Å². The number of methoxy groups -OCH3 is 1. The summed E-state index contributed by atoms with van der Waals surface area (Å²) in [5.41, 5.74) is 2.77. The Morgan fingerprint density at radius 2 is 1.97 bits per heavy atom. The number of ether oxygens (including phenoxy) is 4. The Morgan fingerprint density at radius 3 is 2.71 bits per heavy atom. The van der Waals surface area contributed by atoms with Gasteiger partial charge in [0.15, 0.2) is 23.0 Å². The number of benzene rings is 3. The topological polar surface area (TPSA) is 89.8 Å². The molecule has 3 aromatic carbocycles. The molecule has 0 aliphatic carbocycles. The first-order chi connectivity index (χ1) is 16.9. The number of rotatable bonds is 7. The summed E-state index contributed by atoms with van der Waals surface area (Å²) in [5.74, 6) is 1.76. The molecule has 0 fully saturated rings. The number of halogens is 2. The highest BCUT2D eigenvalue weighted by molar-refractivity contribution is 9.10. The van der Waals surface area contributed by atoms with Gasteiger partial charge >= 0.3 is 0 Å². The van der Waals surface area contributed by atoms with Crippen LogP contribution in [0.2, 0.25) is 5.02 Å². The number of anilines is 1. The van der Waals surface area contributed by atoms with Gasteiger partial charge in [0.25, 0.3) is 5.91 Å². The number of nitrogens with zero attached hydrogens (tertiary/aromatic N) is 1. The summed E-state index contributed by atoms with van der Waals surface area (Å²) in [7, 11) is 1.52. The second kappa shape index (κ2) is 10.7. The molecule has 35 heavy (non-hydrogen) atoms. The molecule has 0 saturated heterocycles. The van der Waals surface area contributed by atoms with E-state index in [0.717, 1.165) is 11.1 Å². The van der Waals surface area contributed by atoms with Gasteiger partial charge in [-0.05, 0) is 66.1 Å². The molecule has 1 heterocycles. The largest absolute Gasteiger partial charge is 0.493 e. The molecule has 0 saturated carbocycles. The van der Waals surface area contributed by atoms with Gasteiger partial charge in [-0.2, -0.15) is 5.26 Å². The lowest BCUT2D eigenvalue weighted by atomic mass is 10.1. The van der Waals surface area contributed by atoms with Gasteiger partial charge in [-0.3, -0.25) is 4.79 Å². The molecule has 0 unspecified atom stereocenters. The molecule has 0 spiro atoms. The third kappa shape index (κ3) is 5.70. The SMILES string of the molecule is COc1cc(/C=C(/C#N)C(=O)Nc2ccc(C)c(Cl)c2)c(Br)cc1OCc1ccc2c(c1)OCO2. The number of fused-ring (bicyclic) bond motifs is 1. The van der Waals surface area contributed by atoms with Gasteiger partial charge in [0.05, 0.1) is 7.11 Å². The lowest BCUT2D eigenvalue weighted by Gasteiger charge is -2.13. The van der Waals surface area contributed by atoms with Crippen molar-refractivity contribution in [2.24, 2.45) is 0 Å². The molecule has 9 heteroatoms. The molecule has 0 radical (unpaired) electrons. The van der Waals surface area contributed by atoms with Crippen LogP contribution in [0.4, 0.5) is 5.69 Å². The number of nitrogens with one attached hydrogen (secondary N) is 1. The maximum Gasteiger partial charge on any atom is 0.266 e. The van der Waals surface area contributed by atoms with Crippen molar-refractivity contribution >= 4 is 45.2 Å². The molecular weight excluding hydrogens is 536 g/mol. The second-order valence-corrected chi connectivity index (χ2v) is 8.85. The molecule has 0 bridgehead atoms. The molecular formula is C26H20BrClN2O5. The van der Waals surface area contributed by atoms with Gasteiger partial charge < -0.3 is 24.3 Å². The van der Waals surface area contributed by atoms with E-state index in [9.17, 15) is 10.1 Å². The average Bonchev–Trinajstić information content (AvgIpc) is 3.32. The summed E-state index contributed by atoms with van der Waals surface area (Å²) in [6.07, 6.45) is 1.47. The quantitative estimate of drug-likeness (QED) is 0.273. The van der Waals surface area contributed by atoms with E-state index < -0.39 is 5.91 Å². The second-order valence-electron chi connectivity index (χ2n) is 7.59. The molecule has 178 valence electrons. The first kappa shape index (κ1) is 24.5. The molecule has 1 aliphatic rings. The fraction of sp³-hybridized carbons (Fsp3) is 0.154. The van der Waals surface area contributed by atoms with Gasteiger partial charge in [-0.1, -0.05) is 39.7 Å². The van der Waals surface area contributed by atoms with Crippen LogP contribution in [0, 0.1) is 18.3 Å². The van der Waals surface area contributed by atoms with E-state index in [0.29, 0.717) is 43.7 Å². The van der Waals surface area contributed by atoms with Crippen molar-refractivity contribution in [3.63, 3.8) is 0 Å². The lowest BCUT2D eigenvalue weighted by Crippen LogP contribution is -2.13. The smallest absolute Gasteiger partial charge is 0.266 e. The van der Waals surface area contributed by atoms with Crippen LogP contribution in [0.1, 0.15) is 16.7 Å². The monoisotopic (exact) mass is 554 g/mol. The van der Waals surface area contributed by atoms with Crippen molar-refractivity contribution in [2.75, 3.05) is 19.2 Å². The number of hydrogen-bond acceptors (Lipinski definition) is 6. The van der Waals surface area contributed by atoms with E-state index in [2.05, 4.69) is 21.2 Å². The summed E-state index contributed by atoms with van der Waals surface area (Å²) in [6, 6.07) is 16.1. The third-order valence-electron chi connectivity index (χ3n) is 5.21. The van der Waals surface area contributed by atoms with Crippen LogP contribution in [0.3, 0.4) is 0 Å². The van der Waals surface area contributed by atoms with Crippen molar-refractivity contribution in [1.82, 2.24) is 0 Å². The van der Waals surface area contributed by atoms with Gasteiger partial charge in [0.2, 0.25) is 6.79 Å². The first-order valence-electron chi connectivity index (χ1n) is 10.5. The van der Waals surface area contributed by atoms with Crippen molar-refractivity contribution in [1.29, 1.82) is 5.26 Å². The highest BCUT2D eigenvalue weighted by Gasteiger charge is 2.16. The maximum atomic E-state index is 12.7. The Balaban J connectivity index is 1.52. The summed E-state index contributed by atoms with van der Waals surface area (Å²) in [6.45, 7) is 2.35. The third-order valence-corrected chi connectivity index (χ3v) is 6.30. The molecule has 0 aromatic heterocycles. The Bertz CT molecular complexity index is 1370. The minimum atomic E-state index is -0.554. The normalized spacial score (nSPS) is 12.1. The molecule has 0 atom stereocenters. The fourth-order valence-electron chi connectivity index (χ4n) is 3.30. The highest BCUT2D eigenvalue weighted by Crippen LogP contribution is 2.36. The van der Waals surface area contributed by atoms with Crippen molar-refractivity contribution < 1.29 is 23.7 Å². The van der Waals surface area contributed by atoms with E-state index in [1.54, 1.807) is 30.3 Å². The molecule has 3 aromatic rings. The molecule has 1 N–H and O–H groups in total. The van der Waals surface area contributed by atoms with Crippen molar-refractivity contribution in [3.8, 4) is 29.1 Å². The lowest BCUT2D eigenvalue weighted by molar-refractivity contribution is -0.112. The van der Waals surface area contributed by atoms with E-state index in [1.807, 2.05) is 31.2 Å². The minimum Gasteiger partial charge on any atom is -0.493 e. The van der Waals surface area contributed by atoms with Crippen LogP contribution in [0.15, 0.2) is 58.6 Å². The minimum absolute atomic E-state index is 0.0847. The molecule has 4 rings (SSSR count). The number of hydrogen-bond donors (Lipinski definition) is 1. The Hall–Kier alpha value is -3.67. The van der Waals surface area contributed by atoms with Crippen LogP contribution in [0.5, 0.6) is 23.0 Å². The summed E-state index contributed by atoms with van der Waals surface area (Å²) >= 11 is 9.62. The Labute approximate surface area is 215 Å². The molecule has 7 nitrogen and oxygen atoms in total. The fourth-order valence-corrected chi connectivity index (χ4v) is 3.92. The summed E-state index contributed by atoms with van der Waals surface area (Å²) in [5, 5.41) is 12.8. The zero-order chi connectivity index (χ0) is 24.9. The van der Waals surface area contributed by atoms with Crippen LogP contribution in [-0.4, -0.2) is 19.8 Å². The number of aryl methyl sites for hydroxylation is 1. The highest BCUT2D eigenvalue weighted by atomic mass is 79.9. The van der Waals surface area contributed by atoms with Crippen LogP contribution in [0.25, 0.3) is 6.08 Å². The van der Waals surface area contributed by atoms with Gasteiger partial charge in [0, 0.05) is 15.2 Å². The van der Waals surface area contributed by atoms with Crippen LogP contribution >= 0.6 is 27.5 Å². The van der Waals surface area contributed by atoms with Gasteiger partial charge in [0.1, 0.15) is 18.2 Å². The Kier molecular flexibility index (Phi) is 7.49. The zero-order valence-corrected chi connectivity index (χ0v) is 21.2. The summed E-state index contributed by atoms with van der Waals surface area (Å²) < 4.78 is 22.8. The summed E-state index contributed by atoms with van der Waals surface area (Å²) in [4.78, 5) is 12.7. The van der Waals surface area contributed by atoms with Crippen LogP contribution in [-0.2, 0) is 11.4 Å². The number of carbonyl (C=O) groups is 1. The number of nitriles is 1. The predicted molar refractivity (Wildman–Crippen MR) is 136 cm³/mol. The predicted octanol–water partition coefficient (Wildman–Crippen LogP) is 6.27. The Morgan fingerprint density at radius 1 is 1.17 bits per heavy atom.